The van der Waals surface area contributed by atoms with Crippen LogP contribution in [-0.2, 0) is 6.54 Å². The topological polar surface area (TPSA) is 41.5 Å². The number of aryl methyl sites for hydroxylation is 1. The lowest BCUT2D eigenvalue weighted by Gasteiger charge is -2.11. The molecule has 2 aromatic carbocycles. The average molecular weight is 292 g/mol. The van der Waals surface area contributed by atoms with Gasteiger partial charge in [0.15, 0.2) is 0 Å². The number of halogens is 1. The number of ether oxygens (including phenoxy) is 1. The highest BCUT2D eigenvalue weighted by atomic mass is 35.5. The monoisotopic (exact) mass is 291 g/mol. The van der Waals surface area contributed by atoms with E-state index in [2.05, 4.69) is 5.32 Å². The van der Waals surface area contributed by atoms with E-state index in [1.165, 1.54) is 0 Å². The van der Waals surface area contributed by atoms with E-state index < -0.39 is 0 Å². The summed E-state index contributed by atoms with van der Waals surface area (Å²) in [6.45, 7) is 5.04. The molecule has 0 unspecified atom stereocenters. The number of aromatic hydroxyl groups is 1. The van der Waals surface area contributed by atoms with E-state index in [0.717, 1.165) is 16.8 Å². The fraction of sp³-hybridized carbons (Fsp3) is 0.250. The summed E-state index contributed by atoms with van der Waals surface area (Å²) in [6.07, 6.45) is 0. The Balaban J connectivity index is 2.07. The van der Waals surface area contributed by atoms with Crippen LogP contribution in [0.5, 0.6) is 11.5 Å². The second kappa shape index (κ2) is 6.53. The standard InChI is InChI=1S/C16H18ClNO2/c1-3-20-16-7-5-13(9-14(16)17)18-10-12-8-11(2)4-6-15(12)19/h4-9,18-19H,3,10H2,1-2H3. The minimum atomic E-state index is 0.292. The zero-order valence-corrected chi connectivity index (χ0v) is 12.4. The van der Waals surface area contributed by atoms with Crippen LogP contribution in [0.2, 0.25) is 5.02 Å². The predicted molar refractivity (Wildman–Crippen MR) is 82.8 cm³/mol. The number of anilines is 1. The van der Waals surface area contributed by atoms with Crippen LogP contribution >= 0.6 is 11.6 Å². The van der Waals surface area contributed by atoms with Crippen LogP contribution in [0.25, 0.3) is 0 Å². The third-order valence-corrected chi connectivity index (χ3v) is 3.25. The van der Waals surface area contributed by atoms with Gasteiger partial charge >= 0.3 is 0 Å². The van der Waals surface area contributed by atoms with Crippen molar-refractivity contribution in [1.29, 1.82) is 0 Å². The van der Waals surface area contributed by atoms with Gasteiger partial charge < -0.3 is 15.2 Å². The molecule has 0 aliphatic rings. The van der Waals surface area contributed by atoms with E-state index in [9.17, 15) is 5.11 Å². The maximum Gasteiger partial charge on any atom is 0.138 e. The van der Waals surface area contributed by atoms with Gasteiger partial charge in [0.05, 0.1) is 11.6 Å². The molecule has 2 aromatic rings. The molecule has 2 N–H and O–H groups in total. The summed E-state index contributed by atoms with van der Waals surface area (Å²) in [7, 11) is 0. The Morgan fingerprint density at radius 1 is 1.20 bits per heavy atom. The van der Waals surface area contributed by atoms with E-state index >= 15 is 0 Å². The first-order chi connectivity index (χ1) is 9.60. The highest BCUT2D eigenvalue weighted by Gasteiger charge is 2.04. The van der Waals surface area contributed by atoms with Gasteiger partial charge in [-0.2, -0.15) is 0 Å². The van der Waals surface area contributed by atoms with E-state index in [4.69, 9.17) is 16.3 Å². The molecular formula is C16H18ClNO2. The smallest absolute Gasteiger partial charge is 0.138 e. The predicted octanol–water partition coefficient (Wildman–Crippen LogP) is 4.36. The van der Waals surface area contributed by atoms with Crippen LogP contribution < -0.4 is 10.1 Å². The first-order valence-corrected chi connectivity index (χ1v) is 6.92. The maximum absolute atomic E-state index is 9.80. The molecule has 0 radical (unpaired) electrons. The molecule has 106 valence electrons. The summed E-state index contributed by atoms with van der Waals surface area (Å²) in [5.41, 5.74) is 2.86. The molecule has 0 saturated carbocycles. The van der Waals surface area contributed by atoms with Crippen molar-refractivity contribution in [3.63, 3.8) is 0 Å². The van der Waals surface area contributed by atoms with Crippen LogP contribution in [0.1, 0.15) is 18.1 Å². The van der Waals surface area contributed by atoms with Gasteiger partial charge in [0, 0.05) is 17.8 Å². The van der Waals surface area contributed by atoms with Crippen molar-refractivity contribution in [3.05, 3.63) is 52.5 Å². The molecule has 0 amide bonds. The second-order valence-corrected chi connectivity index (χ2v) is 4.97. The third kappa shape index (κ3) is 3.58. The Labute approximate surface area is 124 Å². The summed E-state index contributed by atoms with van der Waals surface area (Å²) in [4.78, 5) is 0. The summed E-state index contributed by atoms with van der Waals surface area (Å²) >= 11 is 6.13. The molecule has 4 heteroatoms. The van der Waals surface area contributed by atoms with E-state index in [1.807, 2.05) is 44.2 Å². The van der Waals surface area contributed by atoms with Crippen LogP contribution in [0.4, 0.5) is 5.69 Å². The van der Waals surface area contributed by atoms with Crippen LogP contribution in [0, 0.1) is 6.92 Å². The van der Waals surface area contributed by atoms with E-state index in [-0.39, 0.29) is 0 Å². The minimum Gasteiger partial charge on any atom is -0.508 e. The highest BCUT2D eigenvalue weighted by molar-refractivity contribution is 6.32. The number of nitrogens with one attached hydrogen (secondary N) is 1. The van der Waals surface area contributed by atoms with Crippen molar-refractivity contribution in [3.8, 4) is 11.5 Å². The Bertz CT molecular complexity index is 599. The summed E-state index contributed by atoms with van der Waals surface area (Å²) < 4.78 is 5.39. The Morgan fingerprint density at radius 2 is 2.00 bits per heavy atom. The molecule has 2 rings (SSSR count). The van der Waals surface area contributed by atoms with E-state index in [1.54, 1.807) is 6.07 Å². The SMILES string of the molecule is CCOc1ccc(NCc2cc(C)ccc2O)cc1Cl. The van der Waals surface area contributed by atoms with Gasteiger partial charge in [0.2, 0.25) is 0 Å². The van der Waals surface area contributed by atoms with Crippen molar-refractivity contribution in [1.82, 2.24) is 0 Å². The quantitative estimate of drug-likeness (QED) is 0.860. The zero-order valence-electron chi connectivity index (χ0n) is 11.6. The molecule has 0 spiro atoms. The van der Waals surface area contributed by atoms with Gasteiger partial charge in [0.25, 0.3) is 0 Å². The molecule has 3 nitrogen and oxygen atoms in total. The Kier molecular flexibility index (Phi) is 4.74. The van der Waals surface area contributed by atoms with Gasteiger partial charge in [-0.15, -0.1) is 0 Å². The van der Waals surface area contributed by atoms with Crippen molar-refractivity contribution in [2.24, 2.45) is 0 Å². The number of phenolic OH excluding ortho intramolecular Hbond substituents is 1. The van der Waals surface area contributed by atoms with Gasteiger partial charge in [0.1, 0.15) is 11.5 Å². The molecular weight excluding hydrogens is 274 g/mol. The van der Waals surface area contributed by atoms with Gasteiger partial charge in [-0.05, 0) is 38.1 Å². The third-order valence-electron chi connectivity index (χ3n) is 2.95. The first-order valence-electron chi connectivity index (χ1n) is 6.55. The van der Waals surface area contributed by atoms with Crippen molar-refractivity contribution in [2.45, 2.75) is 20.4 Å². The molecule has 0 aromatic heterocycles. The Morgan fingerprint density at radius 3 is 2.70 bits per heavy atom. The van der Waals surface area contributed by atoms with Crippen LogP contribution in [0.15, 0.2) is 36.4 Å². The maximum atomic E-state index is 9.80. The number of hydrogen-bond donors (Lipinski definition) is 2. The van der Waals surface area contributed by atoms with Gasteiger partial charge in [-0.25, -0.2) is 0 Å². The molecule has 0 aliphatic heterocycles. The molecule has 0 bridgehead atoms. The average Bonchev–Trinajstić information content (AvgIpc) is 2.43. The summed E-state index contributed by atoms with van der Waals surface area (Å²) in [6, 6.07) is 11.1. The summed E-state index contributed by atoms with van der Waals surface area (Å²) in [5, 5.41) is 13.6. The molecule has 0 atom stereocenters. The molecule has 0 saturated heterocycles. The number of hydrogen-bond acceptors (Lipinski definition) is 3. The Hall–Kier alpha value is -1.87. The highest BCUT2D eigenvalue weighted by Crippen LogP contribution is 2.28. The lowest BCUT2D eigenvalue weighted by molar-refractivity contribution is 0.340. The lowest BCUT2D eigenvalue weighted by Crippen LogP contribution is -2.00. The largest absolute Gasteiger partial charge is 0.508 e. The lowest BCUT2D eigenvalue weighted by atomic mass is 10.1. The fourth-order valence-corrected chi connectivity index (χ4v) is 2.17. The van der Waals surface area contributed by atoms with Gasteiger partial charge in [-0.3, -0.25) is 0 Å². The molecule has 20 heavy (non-hydrogen) atoms. The number of benzene rings is 2. The van der Waals surface area contributed by atoms with Crippen LogP contribution in [-0.4, -0.2) is 11.7 Å². The van der Waals surface area contributed by atoms with Crippen molar-refractivity contribution < 1.29 is 9.84 Å². The fourth-order valence-electron chi connectivity index (χ4n) is 1.94. The van der Waals surface area contributed by atoms with Crippen molar-refractivity contribution in [2.75, 3.05) is 11.9 Å². The normalized spacial score (nSPS) is 10.3. The molecule has 0 heterocycles. The number of rotatable bonds is 5. The second-order valence-electron chi connectivity index (χ2n) is 4.56. The molecule has 0 fully saturated rings. The minimum absolute atomic E-state index is 0.292. The first kappa shape index (κ1) is 14.5. The summed E-state index contributed by atoms with van der Waals surface area (Å²) in [5.74, 6) is 0.971. The van der Waals surface area contributed by atoms with Crippen molar-refractivity contribution >= 4 is 17.3 Å². The molecule has 0 aliphatic carbocycles. The van der Waals surface area contributed by atoms with Gasteiger partial charge in [-0.1, -0.05) is 29.3 Å². The van der Waals surface area contributed by atoms with E-state index in [0.29, 0.717) is 29.7 Å². The zero-order chi connectivity index (χ0) is 14.5. The van der Waals surface area contributed by atoms with Crippen LogP contribution in [0.3, 0.4) is 0 Å². The number of phenols is 1.